The number of ketones is 1. The van der Waals surface area contributed by atoms with E-state index in [2.05, 4.69) is 102 Å². The predicted octanol–water partition coefficient (Wildman–Crippen LogP) is 11.9. The molecule has 0 N–H and O–H groups in total. The third-order valence-corrected chi connectivity index (χ3v) is 7.20. The zero-order valence-electron chi connectivity index (χ0n) is 27.1. The Kier molecular flexibility index (Phi) is 16.8. The van der Waals surface area contributed by atoms with Crippen molar-refractivity contribution in [2.24, 2.45) is 5.92 Å². The summed E-state index contributed by atoms with van der Waals surface area (Å²) in [7, 11) is 0. The van der Waals surface area contributed by atoms with Gasteiger partial charge < -0.3 is 4.79 Å². The van der Waals surface area contributed by atoms with Gasteiger partial charge in [0.1, 0.15) is 5.78 Å². The van der Waals surface area contributed by atoms with Gasteiger partial charge in [0.05, 0.1) is 0 Å². The number of rotatable bonds is 7. The van der Waals surface area contributed by atoms with Crippen molar-refractivity contribution in [3.63, 3.8) is 0 Å². The zero-order valence-corrected chi connectivity index (χ0v) is 27.1. The summed E-state index contributed by atoms with van der Waals surface area (Å²) in [4.78, 5) is 9.44. The van der Waals surface area contributed by atoms with E-state index in [1.807, 2.05) is 13.8 Å². The molecule has 1 heteroatoms. The summed E-state index contributed by atoms with van der Waals surface area (Å²) in [6.07, 6.45) is 11.0. The predicted molar refractivity (Wildman–Crippen MR) is 179 cm³/mol. The second-order valence-corrected chi connectivity index (χ2v) is 11.1. The molecule has 40 heavy (non-hydrogen) atoms. The molecule has 0 saturated heterocycles. The molecule has 1 aliphatic carbocycles. The van der Waals surface area contributed by atoms with E-state index < -0.39 is 0 Å². The van der Waals surface area contributed by atoms with E-state index in [0.717, 1.165) is 11.5 Å². The van der Waals surface area contributed by atoms with E-state index in [1.54, 1.807) is 0 Å². The van der Waals surface area contributed by atoms with Crippen molar-refractivity contribution < 1.29 is 4.79 Å². The number of hydrogen-bond donors (Lipinski definition) is 0. The lowest BCUT2D eigenvalue weighted by Crippen LogP contribution is -1.97. The second-order valence-electron chi connectivity index (χ2n) is 11.1. The molecule has 1 nitrogen and oxygen atoms in total. The minimum absolute atomic E-state index is 0.167. The average molecular weight is 541 g/mol. The fraction of sp³-hybridized carbons (Fsp3) is 0.462. The molecule has 3 aromatic rings. The Labute approximate surface area is 247 Å². The summed E-state index contributed by atoms with van der Waals surface area (Å²) >= 11 is 0. The van der Waals surface area contributed by atoms with Crippen LogP contribution < -0.4 is 0 Å². The van der Waals surface area contributed by atoms with E-state index in [9.17, 15) is 4.79 Å². The lowest BCUT2D eigenvalue weighted by atomic mass is 9.89. The largest absolute Gasteiger partial charge is 0.300 e. The van der Waals surface area contributed by atoms with Crippen LogP contribution in [0.15, 0.2) is 67.2 Å². The normalized spacial score (nSPS) is 12.2. The van der Waals surface area contributed by atoms with Crippen LogP contribution >= 0.6 is 0 Å². The highest BCUT2D eigenvalue weighted by atomic mass is 16.1. The maximum absolute atomic E-state index is 9.44. The van der Waals surface area contributed by atoms with Gasteiger partial charge >= 0.3 is 0 Å². The first-order chi connectivity index (χ1) is 19.2. The van der Waals surface area contributed by atoms with Crippen molar-refractivity contribution in [2.45, 2.75) is 114 Å². The Bertz CT molecular complexity index is 1170. The van der Waals surface area contributed by atoms with Gasteiger partial charge in [0.25, 0.3) is 0 Å². The van der Waals surface area contributed by atoms with Gasteiger partial charge in [-0.15, -0.1) is 0 Å². The van der Waals surface area contributed by atoms with Gasteiger partial charge in [0.15, 0.2) is 0 Å². The topological polar surface area (TPSA) is 17.1 Å². The first-order valence-electron chi connectivity index (χ1n) is 15.6. The minimum Gasteiger partial charge on any atom is -0.300 e. The summed E-state index contributed by atoms with van der Waals surface area (Å²) in [5.41, 5.74) is 11.7. The van der Waals surface area contributed by atoms with Gasteiger partial charge in [-0.3, -0.25) is 0 Å². The summed E-state index contributed by atoms with van der Waals surface area (Å²) in [5, 5.41) is 0. The molecule has 0 radical (unpaired) electrons. The summed E-state index contributed by atoms with van der Waals surface area (Å²) in [6.45, 7) is 22.4. The molecule has 4 rings (SSSR count). The molecule has 0 bridgehead atoms. The van der Waals surface area contributed by atoms with Crippen LogP contribution in [-0.2, 0) is 11.2 Å². The molecule has 218 valence electrons. The fourth-order valence-electron chi connectivity index (χ4n) is 5.18. The summed E-state index contributed by atoms with van der Waals surface area (Å²) in [5.74, 6) is 1.15. The number of carbonyl (C=O) groups is 1. The van der Waals surface area contributed by atoms with E-state index in [4.69, 9.17) is 0 Å². The number of aryl methyl sites for hydroxylation is 4. The first-order valence-corrected chi connectivity index (χ1v) is 15.6. The average Bonchev–Trinajstić information content (AvgIpc) is 3.45. The number of Topliss-reactive ketones (excluding diaryl/α,β-unsaturated/α-hetero) is 1. The number of carbonyl (C=O) groups excluding carboxylic acids is 1. The van der Waals surface area contributed by atoms with Crippen LogP contribution in [0.4, 0.5) is 0 Å². The molecule has 0 heterocycles. The molecule has 0 amide bonds. The van der Waals surface area contributed by atoms with Gasteiger partial charge in [-0.05, 0) is 110 Å². The van der Waals surface area contributed by atoms with E-state index in [-0.39, 0.29) is 5.78 Å². The smallest absolute Gasteiger partial charge is 0.126 e. The van der Waals surface area contributed by atoms with Crippen molar-refractivity contribution in [3.05, 3.63) is 101 Å². The SMILES string of the molecule is C=C(c1ccc(C)c(-c2cc(CCCC3CCCC3)ccc2C)c1)c1ccccc1C.CC.CC(C)=O.CCC. The van der Waals surface area contributed by atoms with Crippen molar-refractivity contribution in [1.29, 1.82) is 0 Å². The highest BCUT2D eigenvalue weighted by Crippen LogP contribution is 2.33. The van der Waals surface area contributed by atoms with Crippen molar-refractivity contribution in [1.82, 2.24) is 0 Å². The van der Waals surface area contributed by atoms with Gasteiger partial charge in [-0.1, -0.05) is 127 Å². The van der Waals surface area contributed by atoms with Crippen molar-refractivity contribution >= 4 is 11.4 Å². The quantitative estimate of drug-likeness (QED) is 0.291. The van der Waals surface area contributed by atoms with Crippen LogP contribution in [-0.4, -0.2) is 5.78 Å². The Morgan fingerprint density at radius 1 is 0.800 bits per heavy atom. The Balaban J connectivity index is 0.000000788. The Morgan fingerprint density at radius 3 is 1.90 bits per heavy atom. The van der Waals surface area contributed by atoms with Crippen molar-refractivity contribution in [3.8, 4) is 11.1 Å². The van der Waals surface area contributed by atoms with Crippen molar-refractivity contribution in [2.75, 3.05) is 0 Å². The lowest BCUT2D eigenvalue weighted by Gasteiger charge is -2.16. The van der Waals surface area contributed by atoms with Gasteiger partial charge in [-0.2, -0.15) is 0 Å². The second kappa shape index (κ2) is 19.2. The van der Waals surface area contributed by atoms with Crippen LogP contribution in [0, 0.1) is 26.7 Å². The van der Waals surface area contributed by atoms with E-state index in [1.165, 1.54) is 110 Å². The zero-order chi connectivity index (χ0) is 30.1. The molecule has 0 atom stereocenters. The summed E-state index contributed by atoms with van der Waals surface area (Å²) < 4.78 is 0. The highest BCUT2D eigenvalue weighted by molar-refractivity contribution is 5.83. The third kappa shape index (κ3) is 11.7. The number of hydrogen-bond acceptors (Lipinski definition) is 1. The lowest BCUT2D eigenvalue weighted by molar-refractivity contribution is -0.114. The van der Waals surface area contributed by atoms with Crippen LogP contribution in [0.3, 0.4) is 0 Å². The fourth-order valence-corrected chi connectivity index (χ4v) is 5.18. The van der Waals surface area contributed by atoms with Gasteiger partial charge in [-0.25, -0.2) is 0 Å². The highest BCUT2D eigenvalue weighted by Gasteiger charge is 2.15. The third-order valence-electron chi connectivity index (χ3n) is 7.20. The van der Waals surface area contributed by atoms with Gasteiger partial charge in [0.2, 0.25) is 0 Å². The maximum Gasteiger partial charge on any atom is 0.126 e. The maximum atomic E-state index is 9.44. The van der Waals surface area contributed by atoms with Crippen LogP contribution in [0.5, 0.6) is 0 Å². The van der Waals surface area contributed by atoms with Crippen LogP contribution in [0.25, 0.3) is 16.7 Å². The standard InChI is InChI=1S/C31H36.C3H6O.C3H8.C2H6/c1-22-10-5-8-15-29(22)25(4)28-19-17-24(3)31(21-28)30-20-27(18-16-23(30)2)14-9-13-26-11-6-7-12-26;1-3(2)4;1-3-2;1-2/h5,8,10,15-21,26H,4,6-7,9,11-14H2,1-3H3;1-2H3;3H2,1-2H3;1-2H3. The summed E-state index contributed by atoms with van der Waals surface area (Å²) in [6, 6.07) is 22.4. The Morgan fingerprint density at radius 2 is 1.32 bits per heavy atom. The molecule has 0 aromatic heterocycles. The monoisotopic (exact) mass is 540 g/mol. The molecule has 1 fully saturated rings. The first kappa shape index (κ1) is 35.1. The molecular weight excluding hydrogens is 484 g/mol. The van der Waals surface area contributed by atoms with Gasteiger partial charge in [0, 0.05) is 0 Å². The molecule has 0 aliphatic heterocycles. The molecule has 0 spiro atoms. The van der Waals surface area contributed by atoms with E-state index in [0.29, 0.717) is 0 Å². The molecule has 3 aromatic carbocycles. The van der Waals surface area contributed by atoms with Crippen LogP contribution in [0.2, 0.25) is 0 Å². The van der Waals surface area contributed by atoms with E-state index >= 15 is 0 Å². The molecule has 1 aliphatic rings. The molecule has 1 saturated carbocycles. The Hall–Kier alpha value is -2.93. The molecular formula is C39H56O. The van der Waals surface area contributed by atoms with Crippen LogP contribution in [0.1, 0.15) is 120 Å². The number of benzene rings is 3. The minimum atomic E-state index is 0.167. The molecule has 0 unspecified atom stereocenters.